The molecule has 1 fully saturated rings. The molecule has 1 aromatic rings. The number of ether oxygens (including phenoxy) is 1. The minimum absolute atomic E-state index is 0.270. The number of hydrogen-bond acceptors (Lipinski definition) is 6. The van der Waals surface area contributed by atoms with Crippen LogP contribution in [0.1, 0.15) is 44.0 Å². The van der Waals surface area contributed by atoms with Gasteiger partial charge in [0.2, 0.25) is 0 Å². The highest BCUT2D eigenvalue weighted by Gasteiger charge is 2.16. The lowest BCUT2D eigenvalue weighted by molar-refractivity contribution is 0.0699. The molecule has 0 saturated carbocycles. The summed E-state index contributed by atoms with van der Waals surface area (Å²) in [6.45, 7) is 8.78. The Labute approximate surface area is 120 Å². The van der Waals surface area contributed by atoms with Crippen LogP contribution in [-0.2, 0) is 4.74 Å². The normalized spacial score (nSPS) is 16.4. The topological polar surface area (TPSA) is 85.1 Å². The highest BCUT2D eigenvalue weighted by Crippen LogP contribution is 2.23. The van der Waals surface area contributed by atoms with E-state index in [1.807, 2.05) is 6.92 Å². The van der Waals surface area contributed by atoms with Crippen LogP contribution in [0, 0.1) is 12.8 Å². The van der Waals surface area contributed by atoms with Crippen LogP contribution in [0.5, 0.6) is 0 Å². The van der Waals surface area contributed by atoms with Crippen LogP contribution < -0.4 is 16.6 Å². The number of nitrogens with two attached hydrogens (primary N) is 1. The molecule has 0 unspecified atom stereocenters. The first kappa shape index (κ1) is 15.0. The van der Waals surface area contributed by atoms with E-state index in [-0.39, 0.29) is 5.92 Å². The van der Waals surface area contributed by atoms with Gasteiger partial charge in [-0.3, -0.25) is 0 Å². The molecule has 1 saturated heterocycles. The summed E-state index contributed by atoms with van der Waals surface area (Å²) in [5.41, 5.74) is 3.62. The van der Waals surface area contributed by atoms with Crippen molar-refractivity contribution in [2.75, 3.05) is 30.5 Å². The zero-order valence-corrected chi connectivity index (χ0v) is 12.6. The molecule has 0 spiro atoms. The van der Waals surface area contributed by atoms with E-state index in [1.54, 1.807) is 0 Å². The number of anilines is 2. The van der Waals surface area contributed by atoms with Crippen LogP contribution in [0.3, 0.4) is 0 Å². The Kier molecular flexibility index (Phi) is 5.14. The van der Waals surface area contributed by atoms with E-state index in [9.17, 15) is 0 Å². The number of nitrogens with one attached hydrogen (secondary N) is 2. The molecular formula is C14H25N5O. The third-order valence-corrected chi connectivity index (χ3v) is 3.72. The van der Waals surface area contributed by atoms with Gasteiger partial charge in [-0.15, -0.1) is 0 Å². The zero-order chi connectivity index (χ0) is 14.5. The Bertz CT molecular complexity index is 443. The molecular weight excluding hydrogens is 254 g/mol. The zero-order valence-electron chi connectivity index (χ0n) is 12.6. The van der Waals surface area contributed by atoms with Crippen LogP contribution in [0.2, 0.25) is 0 Å². The first-order chi connectivity index (χ1) is 9.61. The van der Waals surface area contributed by atoms with Crippen LogP contribution in [0.15, 0.2) is 0 Å². The molecule has 20 heavy (non-hydrogen) atoms. The molecule has 6 heteroatoms. The molecule has 1 aromatic heterocycles. The second kappa shape index (κ2) is 6.85. The van der Waals surface area contributed by atoms with E-state index in [0.29, 0.717) is 11.7 Å². The third-order valence-electron chi connectivity index (χ3n) is 3.72. The largest absolute Gasteiger partial charge is 0.381 e. The summed E-state index contributed by atoms with van der Waals surface area (Å²) in [4.78, 5) is 9.05. The third kappa shape index (κ3) is 3.58. The highest BCUT2D eigenvalue weighted by atomic mass is 16.5. The van der Waals surface area contributed by atoms with Crippen molar-refractivity contribution in [1.29, 1.82) is 0 Å². The van der Waals surface area contributed by atoms with Gasteiger partial charge in [-0.25, -0.2) is 15.8 Å². The molecule has 2 rings (SSSR count). The van der Waals surface area contributed by atoms with Gasteiger partial charge >= 0.3 is 0 Å². The van der Waals surface area contributed by atoms with E-state index in [2.05, 4.69) is 34.6 Å². The molecule has 0 amide bonds. The van der Waals surface area contributed by atoms with Crippen molar-refractivity contribution in [3.8, 4) is 0 Å². The van der Waals surface area contributed by atoms with E-state index in [0.717, 1.165) is 49.8 Å². The molecule has 6 nitrogen and oxygen atoms in total. The number of nitrogens with zero attached hydrogens (tertiary/aromatic N) is 2. The average molecular weight is 279 g/mol. The first-order valence-corrected chi connectivity index (χ1v) is 7.28. The minimum Gasteiger partial charge on any atom is -0.381 e. The van der Waals surface area contributed by atoms with Crippen LogP contribution in [0.4, 0.5) is 11.6 Å². The molecule has 0 aromatic carbocycles. The maximum absolute atomic E-state index is 5.54. The lowest BCUT2D eigenvalue weighted by Gasteiger charge is -2.23. The van der Waals surface area contributed by atoms with Crippen LogP contribution in [0.25, 0.3) is 0 Å². The number of aromatic nitrogens is 2. The number of nitrogen functional groups attached to an aromatic ring is 1. The molecule has 0 atom stereocenters. The fraction of sp³-hybridized carbons (Fsp3) is 0.714. The van der Waals surface area contributed by atoms with Crippen molar-refractivity contribution in [3.63, 3.8) is 0 Å². The average Bonchev–Trinajstić information content (AvgIpc) is 2.47. The van der Waals surface area contributed by atoms with E-state index < -0.39 is 0 Å². The summed E-state index contributed by atoms with van der Waals surface area (Å²) in [5.74, 6) is 8.84. The van der Waals surface area contributed by atoms with E-state index in [1.165, 1.54) is 0 Å². The summed E-state index contributed by atoms with van der Waals surface area (Å²) < 4.78 is 5.38. The number of rotatable bonds is 5. The van der Waals surface area contributed by atoms with Crippen molar-refractivity contribution >= 4 is 11.6 Å². The number of hydrogen-bond donors (Lipinski definition) is 3. The Hall–Kier alpha value is -1.40. The van der Waals surface area contributed by atoms with Gasteiger partial charge in [0, 0.05) is 31.2 Å². The Morgan fingerprint density at radius 3 is 2.50 bits per heavy atom. The SMILES string of the molecule is Cc1c(NN)nc(C(C)C)nc1NCC1CCOCC1. The lowest BCUT2D eigenvalue weighted by atomic mass is 10.0. The predicted molar refractivity (Wildman–Crippen MR) is 80.7 cm³/mol. The van der Waals surface area contributed by atoms with Gasteiger partial charge in [-0.05, 0) is 25.7 Å². The monoisotopic (exact) mass is 279 g/mol. The predicted octanol–water partition coefficient (Wildman–Crippen LogP) is 2.03. The summed E-state index contributed by atoms with van der Waals surface area (Å²) in [6, 6.07) is 0. The van der Waals surface area contributed by atoms with Gasteiger partial charge in [0.1, 0.15) is 17.5 Å². The summed E-state index contributed by atoms with van der Waals surface area (Å²) in [5, 5.41) is 3.45. The van der Waals surface area contributed by atoms with Crippen molar-refractivity contribution < 1.29 is 4.74 Å². The van der Waals surface area contributed by atoms with E-state index in [4.69, 9.17) is 10.6 Å². The van der Waals surface area contributed by atoms with Crippen LogP contribution >= 0.6 is 0 Å². The highest BCUT2D eigenvalue weighted by molar-refractivity contribution is 5.56. The van der Waals surface area contributed by atoms with Gasteiger partial charge in [0.15, 0.2) is 0 Å². The van der Waals surface area contributed by atoms with Gasteiger partial charge in [0.25, 0.3) is 0 Å². The maximum atomic E-state index is 5.54. The smallest absolute Gasteiger partial charge is 0.148 e. The van der Waals surface area contributed by atoms with Crippen molar-refractivity contribution in [2.24, 2.45) is 11.8 Å². The Morgan fingerprint density at radius 2 is 1.90 bits per heavy atom. The maximum Gasteiger partial charge on any atom is 0.148 e. The summed E-state index contributed by atoms with van der Waals surface area (Å²) >= 11 is 0. The fourth-order valence-corrected chi connectivity index (χ4v) is 2.30. The van der Waals surface area contributed by atoms with Crippen molar-refractivity contribution in [1.82, 2.24) is 9.97 Å². The van der Waals surface area contributed by atoms with Crippen molar-refractivity contribution in [3.05, 3.63) is 11.4 Å². The summed E-state index contributed by atoms with van der Waals surface area (Å²) in [6.07, 6.45) is 2.21. The molecule has 0 radical (unpaired) electrons. The van der Waals surface area contributed by atoms with Gasteiger partial charge in [-0.2, -0.15) is 0 Å². The van der Waals surface area contributed by atoms with Crippen molar-refractivity contribution in [2.45, 2.75) is 39.5 Å². The van der Waals surface area contributed by atoms with Crippen LogP contribution in [-0.4, -0.2) is 29.7 Å². The van der Waals surface area contributed by atoms with Gasteiger partial charge in [0.05, 0.1) is 0 Å². The second-order valence-electron chi connectivity index (χ2n) is 5.64. The molecule has 1 aliphatic rings. The molecule has 0 aliphatic carbocycles. The molecule has 0 bridgehead atoms. The second-order valence-corrected chi connectivity index (χ2v) is 5.64. The lowest BCUT2D eigenvalue weighted by Crippen LogP contribution is -2.24. The van der Waals surface area contributed by atoms with Gasteiger partial charge < -0.3 is 15.5 Å². The first-order valence-electron chi connectivity index (χ1n) is 7.28. The molecule has 1 aliphatic heterocycles. The van der Waals surface area contributed by atoms with E-state index >= 15 is 0 Å². The quantitative estimate of drug-likeness (QED) is 0.565. The summed E-state index contributed by atoms with van der Waals surface area (Å²) in [7, 11) is 0. The number of hydrazine groups is 1. The van der Waals surface area contributed by atoms with Gasteiger partial charge in [-0.1, -0.05) is 13.8 Å². The molecule has 4 N–H and O–H groups in total. The Morgan fingerprint density at radius 1 is 1.25 bits per heavy atom. The molecule has 2 heterocycles. The molecule has 112 valence electrons. The minimum atomic E-state index is 0.270. The standard InChI is InChI=1S/C14H25N5O/c1-9(2)12-17-13(10(3)14(18-12)19-15)16-8-11-4-6-20-7-5-11/h9,11H,4-8,15H2,1-3H3,(H2,16,17,18,19). The Balaban J connectivity index is 2.10. The fourth-order valence-electron chi connectivity index (χ4n) is 2.30.